The van der Waals surface area contributed by atoms with Crippen molar-refractivity contribution in [3.05, 3.63) is 101 Å². The van der Waals surface area contributed by atoms with Crippen LogP contribution in [-0.2, 0) is 19.4 Å². The highest BCUT2D eigenvalue weighted by Crippen LogP contribution is 2.22. The number of carboxylic acids is 1. The van der Waals surface area contributed by atoms with Crippen molar-refractivity contribution in [3.8, 4) is 11.3 Å². The highest BCUT2D eigenvalue weighted by molar-refractivity contribution is 5.95. The van der Waals surface area contributed by atoms with Crippen LogP contribution in [-0.4, -0.2) is 36.6 Å². The minimum Gasteiger partial charge on any atom is -0.478 e. The van der Waals surface area contributed by atoms with Crippen LogP contribution in [0.3, 0.4) is 0 Å². The molecule has 4 aromatic rings. The van der Waals surface area contributed by atoms with E-state index in [2.05, 4.69) is 22.0 Å². The van der Waals surface area contributed by atoms with E-state index in [1.807, 2.05) is 47.1 Å². The van der Waals surface area contributed by atoms with Crippen molar-refractivity contribution >= 4 is 11.8 Å². The summed E-state index contributed by atoms with van der Waals surface area (Å²) in [7, 11) is 0. The normalized spacial score (nSPS) is 10.9. The first-order chi connectivity index (χ1) is 17.0. The molecule has 0 saturated carbocycles. The molecule has 0 radical (unpaired) electrons. The van der Waals surface area contributed by atoms with Gasteiger partial charge in [-0.2, -0.15) is 0 Å². The van der Waals surface area contributed by atoms with E-state index in [9.17, 15) is 14.7 Å². The molecule has 2 aromatic carbocycles. The van der Waals surface area contributed by atoms with Crippen LogP contribution in [0.2, 0.25) is 0 Å². The first kappa shape index (κ1) is 24.0. The van der Waals surface area contributed by atoms with E-state index in [0.717, 1.165) is 36.2 Å². The number of Topliss-reactive ketones (excluding diaryl/α,β-unsaturated/α-hetero) is 1. The lowest BCUT2D eigenvalue weighted by Gasteiger charge is -2.08. The second-order valence-electron chi connectivity index (χ2n) is 8.45. The lowest BCUT2D eigenvalue weighted by Crippen LogP contribution is -2.08. The highest BCUT2D eigenvalue weighted by atomic mass is 16.4. The van der Waals surface area contributed by atoms with Gasteiger partial charge in [-0.25, -0.2) is 14.5 Å². The Morgan fingerprint density at radius 3 is 2.40 bits per heavy atom. The van der Waals surface area contributed by atoms with Gasteiger partial charge in [-0.15, -0.1) is 5.10 Å². The average Bonchev–Trinajstić information content (AvgIpc) is 3.28. The monoisotopic (exact) mass is 468 g/mol. The average molecular weight is 469 g/mol. The third-order valence-electron chi connectivity index (χ3n) is 5.80. The second kappa shape index (κ2) is 11.3. The largest absolute Gasteiger partial charge is 0.478 e. The number of hydrogen-bond acceptors (Lipinski definition) is 5. The summed E-state index contributed by atoms with van der Waals surface area (Å²) in [6.07, 6.45) is 5.59. The summed E-state index contributed by atoms with van der Waals surface area (Å²) in [6, 6.07) is 20.1. The van der Waals surface area contributed by atoms with Crippen molar-refractivity contribution in [1.82, 2.24) is 19.7 Å². The van der Waals surface area contributed by atoms with Gasteiger partial charge in [0.25, 0.3) is 0 Å². The van der Waals surface area contributed by atoms with Crippen molar-refractivity contribution in [2.24, 2.45) is 0 Å². The molecule has 0 aliphatic carbocycles. The van der Waals surface area contributed by atoms with Crippen molar-refractivity contribution in [1.29, 1.82) is 0 Å². The van der Waals surface area contributed by atoms with E-state index in [0.29, 0.717) is 24.2 Å². The zero-order valence-corrected chi connectivity index (χ0v) is 19.7. The fourth-order valence-corrected chi connectivity index (χ4v) is 3.94. The van der Waals surface area contributed by atoms with Gasteiger partial charge in [0.05, 0.1) is 11.3 Å². The van der Waals surface area contributed by atoms with Gasteiger partial charge in [-0.1, -0.05) is 74.4 Å². The molecular formula is C28H28N4O3. The van der Waals surface area contributed by atoms with E-state index in [-0.39, 0.29) is 23.6 Å². The molecule has 0 aliphatic rings. The maximum atomic E-state index is 12.9. The van der Waals surface area contributed by atoms with Crippen LogP contribution in [0.15, 0.2) is 72.9 Å². The lowest BCUT2D eigenvalue weighted by atomic mass is 10.0. The van der Waals surface area contributed by atoms with E-state index >= 15 is 0 Å². The number of benzene rings is 2. The van der Waals surface area contributed by atoms with Gasteiger partial charge in [0.2, 0.25) is 11.6 Å². The molecule has 0 atom stereocenters. The van der Waals surface area contributed by atoms with E-state index in [1.165, 1.54) is 0 Å². The lowest BCUT2D eigenvalue weighted by molar-refractivity contribution is 0.0697. The molecule has 2 aromatic heterocycles. The minimum absolute atomic E-state index is 0.106. The Hall–Kier alpha value is -4.13. The van der Waals surface area contributed by atoms with Gasteiger partial charge in [0, 0.05) is 31.1 Å². The van der Waals surface area contributed by atoms with Crippen molar-refractivity contribution < 1.29 is 14.7 Å². The van der Waals surface area contributed by atoms with Crippen molar-refractivity contribution in [2.45, 2.75) is 45.6 Å². The zero-order valence-electron chi connectivity index (χ0n) is 19.7. The summed E-state index contributed by atoms with van der Waals surface area (Å²) >= 11 is 0. The summed E-state index contributed by atoms with van der Waals surface area (Å²) in [4.78, 5) is 33.5. The highest BCUT2D eigenvalue weighted by Gasteiger charge is 2.18. The molecule has 0 unspecified atom stereocenters. The number of hydrogen-bond donors (Lipinski definition) is 1. The van der Waals surface area contributed by atoms with E-state index < -0.39 is 5.97 Å². The van der Waals surface area contributed by atoms with Gasteiger partial charge in [0.1, 0.15) is 5.82 Å². The Morgan fingerprint density at radius 2 is 1.69 bits per heavy atom. The summed E-state index contributed by atoms with van der Waals surface area (Å²) < 4.78 is 1.83. The summed E-state index contributed by atoms with van der Waals surface area (Å²) in [5.74, 6) is -0.136. The summed E-state index contributed by atoms with van der Waals surface area (Å²) in [5.41, 5.74) is 3.22. The minimum atomic E-state index is -0.987. The molecule has 4 rings (SSSR count). The standard InChI is InChI=1S/C28H28N4O3/c1-2-3-9-16-32-26(30-27(31-32)25(33)17-20-10-5-4-6-11-20)18-21-14-15-24(29-19-21)22-12-7-8-13-23(22)28(34)35/h4-8,10-15,19H,2-3,9,16-18H2,1H3,(H,34,35). The van der Waals surface area contributed by atoms with Gasteiger partial charge in [-0.05, 0) is 29.7 Å². The SMILES string of the molecule is CCCCCn1nc(C(=O)Cc2ccccc2)nc1Cc1ccc(-c2ccccc2C(=O)O)nc1. The number of carboxylic acid groups (broad SMARTS) is 1. The first-order valence-electron chi connectivity index (χ1n) is 11.8. The number of carbonyl (C=O) groups is 2. The predicted octanol–water partition coefficient (Wildman–Crippen LogP) is 5.24. The fraction of sp³-hybridized carbons (Fsp3) is 0.250. The van der Waals surface area contributed by atoms with Crippen LogP contribution in [0.4, 0.5) is 0 Å². The quantitative estimate of drug-likeness (QED) is 0.239. The number of ketones is 1. The van der Waals surface area contributed by atoms with Gasteiger partial charge in [-0.3, -0.25) is 9.78 Å². The third-order valence-corrected chi connectivity index (χ3v) is 5.80. The van der Waals surface area contributed by atoms with Gasteiger partial charge >= 0.3 is 5.97 Å². The molecule has 0 bridgehead atoms. The maximum absolute atomic E-state index is 12.9. The number of carbonyl (C=O) groups excluding carboxylic acids is 1. The molecule has 1 N–H and O–H groups in total. The molecule has 0 amide bonds. The number of rotatable bonds is 11. The first-order valence-corrected chi connectivity index (χ1v) is 11.8. The zero-order chi connectivity index (χ0) is 24.6. The maximum Gasteiger partial charge on any atom is 0.336 e. The number of pyridine rings is 1. The number of aryl methyl sites for hydroxylation is 1. The molecule has 178 valence electrons. The number of unbranched alkanes of at least 4 members (excludes halogenated alkanes) is 2. The summed E-state index contributed by atoms with van der Waals surface area (Å²) in [5, 5.41) is 14.0. The van der Waals surface area contributed by atoms with Crippen LogP contribution in [0.25, 0.3) is 11.3 Å². The van der Waals surface area contributed by atoms with Crippen molar-refractivity contribution in [3.63, 3.8) is 0 Å². The molecule has 2 heterocycles. The number of nitrogens with zero attached hydrogens (tertiary/aromatic N) is 4. The predicted molar refractivity (Wildman–Crippen MR) is 133 cm³/mol. The Labute approximate surface area is 204 Å². The Morgan fingerprint density at radius 1 is 0.914 bits per heavy atom. The van der Waals surface area contributed by atoms with E-state index in [4.69, 9.17) is 0 Å². The van der Waals surface area contributed by atoms with Gasteiger partial charge in [0.15, 0.2) is 0 Å². The summed E-state index contributed by atoms with van der Waals surface area (Å²) in [6.45, 7) is 2.85. The Balaban J connectivity index is 1.55. The second-order valence-corrected chi connectivity index (χ2v) is 8.45. The molecule has 0 fully saturated rings. The number of aromatic carboxylic acids is 1. The fourth-order valence-electron chi connectivity index (χ4n) is 3.94. The van der Waals surface area contributed by atoms with Crippen LogP contribution in [0.5, 0.6) is 0 Å². The molecule has 0 spiro atoms. The smallest absolute Gasteiger partial charge is 0.336 e. The van der Waals surface area contributed by atoms with Crippen LogP contribution in [0, 0.1) is 0 Å². The van der Waals surface area contributed by atoms with Crippen LogP contribution < -0.4 is 0 Å². The Bertz CT molecular complexity index is 1300. The Kier molecular flexibility index (Phi) is 7.77. The topological polar surface area (TPSA) is 98.0 Å². The van der Waals surface area contributed by atoms with Crippen LogP contribution >= 0.6 is 0 Å². The van der Waals surface area contributed by atoms with Crippen molar-refractivity contribution in [2.75, 3.05) is 0 Å². The van der Waals surface area contributed by atoms with E-state index in [1.54, 1.807) is 30.5 Å². The van der Waals surface area contributed by atoms with Gasteiger partial charge < -0.3 is 5.11 Å². The van der Waals surface area contributed by atoms with Crippen LogP contribution in [0.1, 0.15) is 64.1 Å². The molecule has 0 aliphatic heterocycles. The number of aromatic nitrogens is 4. The molecule has 0 saturated heterocycles. The molecule has 7 nitrogen and oxygen atoms in total. The molecule has 7 heteroatoms. The molecular weight excluding hydrogens is 440 g/mol. The third kappa shape index (κ3) is 6.06. The molecule has 35 heavy (non-hydrogen) atoms.